The van der Waals surface area contributed by atoms with Crippen molar-refractivity contribution < 1.29 is 9.26 Å². The second-order valence-electron chi connectivity index (χ2n) is 7.66. The zero-order valence-corrected chi connectivity index (χ0v) is 17.0. The minimum atomic E-state index is 0.105. The third kappa shape index (κ3) is 5.21. The first-order valence-electron chi connectivity index (χ1n) is 10.0. The molecule has 0 aromatic carbocycles. The SMILES string of the molecule is CCNC(=NCC1(N(C)C)CCOCC1)N1CCN(Cc2ccon2)CC1. The molecule has 1 aromatic heterocycles. The predicted molar refractivity (Wildman–Crippen MR) is 106 cm³/mol. The van der Waals surface area contributed by atoms with E-state index < -0.39 is 0 Å². The van der Waals surface area contributed by atoms with Crippen molar-refractivity contribution in [1.29, 1.82) is 0 Å². The largest absolute Gasteiger partial charge is 0.381 e. The molecule has 0 unspecified atom stereocenters. The van der Waals surface area contributed by atoms with Gasteiger partial charge in [-0.1, -0.05) is 5.16 Å². The van der Waals surface area contributed by atoms with Crippen LogP contribution in [0.15, 0.2) is 21.8 Å². The highest BCUT2D eigenvalue weighted by Gasteiger charge is 2.35. The van der Waals surface area contributed by atoms with E-state index >= 15 is 0 Å². The molecule has 0 spiro atoms. The molecule has 0 saturated carbocycles. The lowest BCUT2D eigenvalue weighted by Gasteiger charge is -2.42. The molecule has 2 fully saturated rings. The predicted octanol–water partition coefficient (Wildman–Crippen LogP) is 0.869. The number of hydrogen-bond acceptors (Lipinski definition) is 6. The summed E-state index contributed by atoms with van der Waals surface area (Å²) in [5.41, 5.74) is 1.10. The Kier molecular flexibility index (Phi) is 7.09. The summed E-state index contributed by atoms with van der Waals surface area (Å²) in [6.07, 6.45) is 3.71. The van der Waals surface area contributed by atoms with Crippen LogP contribution in [0.5, 0.6) is 0 Å². The monoisotopic (exact) mass is 378 g/mol. The molecular formula is C19H34N6O2. The Morgan fingerprint density at radius 1 is 1.26 bits per heavy atom. The lowest BCUT2D eigenvalue weighted by molar-refractivity contribution is -0.00268. The summed E-state index contributed by atoms with van der Waals surface area (Å²) in [6.45, 7) is 10.3. The fourth-order valence-electron chi connectivity index (χ4n) is 3.81. The third-order valence-electron chi connectivity index (χ3n) is 5.78. The number of hydrogen-bond donors (Lipinski definition) is 1. The number of aromatic nitrogens is 1. The van der Waals surface area contributed by atoms with Gasteiger partial charge in [-0.05, 0) is 33.9 Å². The molecule has 27 heavy (non-hydrogen) atoms. The van der Waals surface area contributed by atoms with Gasteiger partial charge in [-0.2, -0.15) is 0 Å². The van der Waals surface area contributed by atoms with Gasteiger partial charge in [0.25, 0.3) is 0 Å². The third-order valence-corrected chi connectivity index (χ3v) is 5.78. The molecule has 0 aliphatic carbocycles. The number of rotatable bonds is 6. The fraction of sp³-hybridized carbons (Fsp3) is 0.789. The summed E-state index contributed by atoms with van der Waals surface area (Å²) in [6, 6.07) is 1.94. The van der Waals surface area contributed by atoms with Crippen LogP contribution in [0.25, 0.3) is 0 Å². The molecule has 0 amide bonds. The van der Waals surface area contributed by atoms with Crippen molar-refractivity contribution in [3.63, 3.8) is 0 Å². The van der Waals surface area contributed by atoms with Gasteiger partial charge in [0.05, 0.1) is 12.2 Å². The van der Waals surface area contributed by atoms with Crippen molar-refractivity contribution in [2.75, 3.05) is 66.6 Å². The second kappa shape index (κ2) is 9.52. The van der Waals surface area contributed by atoms with Gasteiger partial charge in [0.1, 0.15) is 6.26 Å². The van der Waals surface area contributed by atoms with Crippen molar-refractivity contribution in [2.24, 2.45) is 4.99 Å². The first-order valence-corrected chi connectivity index (χ1v) is 10.0. The Hall–Kier alpha value is -1.64. The van der Waals surface area contributed by atoms with Crippen LogP contribution in [0.1, 0.15) is 25.5 Å². The number of guanidine groups is 1. The van der Waals surface area contributed by atoms with E-state index in [1.807, 2.05) is 6.07 Å². The van der Waals surface area contributed by atoms with Gasteiger partial charge in [0, 0.05) is 64.1 Å². The molecule has 2 aliphatic rings. The van der Waals surface area contributed by atoms with Gasteiger partial charge in [-0.3, -0.25) is 9.89 Å². The lowest BCUT2D eigenvalue weighted by Crippen LogP contribution is -2.54. The molecular weight excluding hydrogens is 344 g/mol. The zero-order chi connectivity index (χ0) is 19.1. The number of ether oxygens (including phenoxy) is 1. The minimum Gasteiger partial charge on any atom is -0.381 e. The summed E-state index contributed by atoms with van der Waals surface area (Å²) in [7, 11) is 4.33. The summed E-state index contributed by atoms with van der Waals surface area (Å²) in [5.74, 6) is 1.03. The van der Waals surface area contributed by atoms with Crippen LogP contribution >= 0.6 is 0 Å². The molecule has 1 N–H and O–H groups in total. The molecule has 1 aromatic rings. The van der Waals surface area contributed by atoms with E-state index in [-0.39, 0.29) is 5.54 Å². The molecule has 0 radical (unpaired) electrons. The van der Waals surface area contributed by atoms with Crippen LogP contribution < -0.4 is 5.32 Å². The maximum Gasteiger partial charge on any atom is 0.194 e. The zero-order valence-electron chi connectivity index (χ0n) is 17.0. The second-order valence-corrected chi connectivity index (χ2v) is 7.66. The van der Waals surface area contributed by atoms with Gasteiger partial charge >= 0.3 is 0 Å². The van der Waals surface area contributed by atoms with Crippen LogP contribution in [-0.4, -0.2) is 97.9 Å². The number of nitrogens with one attached hydrogen (secondary N) is 1. The number of nitrogens with zero attached hydrogens (tertiary/aromatic N) is 5. The van der Waals surface area contributed by atoms with E-state index in [1.54, 1.807) is 6.26 Å². The summed E-state index contributed by atoms with van der Waals surface area (Å²) >= 11 is 0. The van der Waals surface area contributed by atoms with Crippen LogP contribution in [0.4, 0.5) is 0 Å². The van der Waals surface area contributed by atoms with E-state index in [1.165, 1.54) is 0 Å². The van der Waals surface area contributed by atoms with Crippen molar-refractivity contribution in [3.8, 4) is 0 Å². The van der Waals surface area contributed by atoms with Crippen molar-refractivity contribution >= 4 is 5.96 Å². The normalized spacial score (nSPS) is 21.6. The molecule has 2 saturated heterocycles. The fourth-order valence-corrected chi connectivity index (χ4v) is 3.81. The highest BCUT2D eigenvalue weighted by Crippen LogP contribution is 2.26. The molecule has 8 nitrogen and oxygen atoms in total. The quantitative estimate of drug-likeness (QED) is 0.582. The van der Waals surface area contributed by atoms with Gasteiger partial charge < -0.3 is 24.4 Å². The topological polar surface area (TPSA) is 69.4 Å². The molecule has 0 atom stereocenters. The average molecular weight is 379 g/mol. The summed E-state index contributed by atoms with van der Waals surface area (Å²) in [4.78, 5) is 12.2. The minimum absolute atomic E-state index is 0.105. The first kappa shape index (κ1) is 20.1. The molecule has 2 aliphatic heterocycles. The first-order chi connectivity index (χ1) is 13.1. The van der Waals surface area contributed by atoms with E-state index in [0.717, 1.165) is 83.5 Å². The Morgan fingerprint density at radius 3 is 2.59 bits per heavy atom. The Balaban J connectivity index is 1.59. The lowest BCUT2D eigenvalue weighted by atomic mass is 9.89. The number of piperazine rings is 1. The van der Waals surface area contributed by atoms with Crippen molar-refractivity contribution in [2.45, 2.75) is 31.8 Å². The summed E-state index contributed by atoms with van der Waals surface area (Å²) in [5, 5.41) is 7.51. The smallest absolute Gasteiger partial charge is 0.194 e. The van der Waals surface area contributed by atoms with Gasteiger partial charge in [0.15, 0.2) is 5.96 Å². The van der Waals surface area contributed by atoms with Gasteiger partial charge in [-0.25, -0.2) is 0 Å². The number of aliphatic imine (C=N–C) groups is 1. The van der Waals surface area contributed by atoms with E-state index in [4.69, 9.17) is 14.3 Å². The number of likely N-dealkylation sites (N-methyl/N-ethyl adjacent to an activating group) is 1. The van der Waals surface area contributed by atoms with Crippen LogP contribution in [-0.2, 0) is 11.3 Å². The van der Waals surface area contributed by atoms with Crippen molar-refractivity contribution in [3.05, 3.63) is 18.0 Å². The van der Waals surface area contributed by atoms with Crippen molar-refractivity contribution in [1.82, 2.24) is 25.2 Å². The van der Waals surface area contributed by atoms with Crippen LogP contribution in [0.2, 0.25) is 0 Å². The van der Waals surface area contributed by atoms with Gasteiger partial charge in [-0.15, -0.1) is 0 Å². The average Bonchev–Trinajstić information content (AvgIpc) is 3.19. The van der Waals surface area contributed by atoms with E-state index in [0.29, 0.717) is 0 Å². The van der Waals surface area contributed by atoms with Crippen LogP contribution in [0.3, 0.4) is 0 Å². The molecule has 8 heteroatoms. The highest BCUT2D eigenvalue weighted by atomic mass is 16.5. The summed E-state index contributed by atoms with van der Waals surface area (Å²) < 4.78 is 10.5. The van der Waals surface area contributed by atoms with Gasteiger partial charge in [0.2, 0.25) is 0 Å². The highest BCUT2D eigenvalue weighted by molar-refractivity contribution is 5.80. The van der Waals surface area contributed by atoms with E-state index in [2.05, 4.69) is 46.2 Å². The van der Waals surface area contributed by atoms with E-state index in [9.17, 15) is 0 Å². The molecule has 3 heterocycles. The maximum atomic E-state index is 5.58. The Morgan fingerprint density at radius 2 is 2.00 bits per heavy atom. The van der Waals surface area contributed by atoms with Crippen LogP contribution in [0, 0.1) is 0 Å². The molecule has 3 rings (SSSR count). The molecule has 0 bridgehead atoms. The maximum absolute atomic E-state index is 5.58. The standard InChI is InChI=1S/C19H34N6O2/c1-4-20-18(21-16-19(23(2)3)6-13-26-14-7-19)25-10-8-24(9-11-25)15-17-5-12-27-22-17/h5,12H,4,6-11,13-16H2,1-3H3,(H,20,21). The Bertz CT molecular complexity index is 575. The molecule has 152 valence electrons. The Labute approximate surface area is 162 Å².